The zero-order chi connectivity index (χ0) is 27.0. The van der Waals surface area contributed by atoms with Crippen molar-refractivity contribution in [1.29, 1.82) is 0 Å². The first-order valence-electron chi connectivity index (χ1n) is 12.2. The highest BCUT2D eigenvalue weighted by Gasteiger charge is 2.16. The Morgan fingerprint density at radius 2 is 1.54 bits per heavy atom. The second-order valence-corrected chi connectivity index (χ2v) is 9.03. The van der Waals surface area contributed by atoms with E-state index in [1.54, 1.807) is 24.3 Å². The number of hydrogen-bond donors (Lipinski definition) is 3. The number of hydrogen-bond acceptors (Lipinski definition) is 7. The molecule has 4 aromatic rings. The minimum atomic E-state index is -0.439. The maximum absolute atomic E-state index is 13.1. The molecule has 0 aliphatic carbocycles. The Morgan fingerprint density at radius 1 is 0.872 bits per heavy atom. The fourth-order valence-electron chi connectivity index (χ4n) is 3.79. The summed E-state index contributed by atoms with van der Waals surface area (Å²) in [6, 6.07) is 19.7. The smallest absolute Gasteiger partial charge is 0.323 e. The lowest BCUT2D eigenvalue weighted by Gasteiger charge is -2.27. The van der Waals surface area contributed by atoms with Crippen molar-refractivity contribution in [1.82, 2.24) is 15.0 Å². The second-order valence-electron chi connectivity index (χ2n) is 8.59. The van der Waals surface area contributed by atoms with Gasteiger partial charge in [-0.25, -0.2) is 9.18 Å². The summed E-state index contributed by atoms with van der Waals surface area (Å²) in [4.78, 5) is 28.1. The van der Waals surface area contributed by atoms with Crippen LogP contribution in [0.1, 0.15) is 11.4 Å². The quantitative estimate of drug-likeness (QED) is 0.259. The molecule has 39 heavy (non-hydrogen) atoms. The van der Waals surface area contributed by atoms with Gasteiger partial charge in [-0.2, -0.15) is 15.0 Å². The molecule has 3 aromatic carbocycles. The number of nitrogens with zero attached hydrogens (tertiary/aromatic N) is 4. The Morgan fingerprint density at radius 3 is 2.23 bits per heavy atom. The van der Waals surface area contributed by atoms with Gasteiger partial charge in [-0.05, 0) is 72.3 Å². The molecule has 0 radical (unpaired) electrons. The maximum atomic E-state index is 13.1. The van der Waals surface area contributed by atoms with Gasteiger partial charge in [0.1, 0.15) is 5.82 Å². The first-order chi connectivity index (χ1) is 19.0. The van der Waals surface area contributed by atoms with E-state index in [0.29, 0.717) is 60.4 Å². The number of morpholine rings is 1. The zero-order valence-electron chi connectivity index (χ0n) is 20.8. The third kappa shape index (κ3) is 7.50. The number of urea groups is 1. The van der Waals surface area contributed by atoms with Crippen molar-refractivity contribution in [2.24, 2.45) is 0 Å². The minimum Gasteiger partial charge on any atom is -0.378 e. The van der Waals surface area contributed by atoms with Crippen LogP contribution in [0.5, 0.6) is 0 Å². The van der Waals surface area contributed by atoms with E-state index < -0.39 is 6.03 Å². The van der Waals surface area contributed by atoms with Gasteiger partial charge >= 0.3 is 6.03 Å². The van der Waals surface area contributed by atoms with Gasteiger partial charge in [0.05, 0.1) is 13.2 Å². The molecule has 1 aromatic heterocycles. The molecule has 0 saturated carbocycles. The van der Waals surface area contributed by atoms with E-state index in [1.165, 1.54) is 24.3 Å². The van der Waals surface area contributed by atoms with Crippen LogP contribution in [0, 0.1) is 5.82 Å². The number of carbonyl (C=O) groups is 1. The van der Waals surface area contributed by atoms with E-state index >= 15 is 0 Å². The monoisotopic (exact) mass is 545 g/mol. The molecular formula is C28H25ClFN7O2. The SMILES string of the molecule is O=C(Nc1ccc(F)cc1)Nc1ccc(Nc2nc(/C=C/c3cccc(Cl)c3)nc(N3CCOCC3)n2)cc1. The number of anilines is 5. The first-order valence-corrected chi connectivity index (χ1v) is 12.6. The molecule has 0 unspecified atom stereocenters. The van der Waals surface area contributed by atoms with Crippen molar-refractivity contribution in [2.75, 3.05) is 47.2 Å². The lowest BCUT2D eigenvalue weighted by molar-refractivity contribution is 0.122. The number of amides is 2. The van der Waals surface area contributed by atoms with Gasteiger partial charge in [0.2, 0.25) is 11.9 Å². The van der Waals surface area contributed by atoms with Crippen LogP contribution in [-0.4, -0.2) is 47.3 Å². The molecule has 1 fully saturated rings. The highest BCUT2D eigenvalue weighted by atomic mass is 35.5. The van der Waals surface area contributed by atoms with Crippen molar-refractivity contribution in [2.45, 2.75) is 0 Å². The van der Waals surface area contributed by atoms with Crippen LogP contribution in [0.4, 0.5) is 38.1 Å². The molecular weight excluding hydrogens is 521 g/mol. The van der Waals surface area contributed by atoms with Crippen LogP contribution >= 0.6 is 11.6 Å². The van der Waals surface area contributed by atoms with Crippen molar-refractivity contribution in [3.8, 4) is 0 Å². The van der Waals surface area contributed by atoms with Gasteiger partial charge in [0, 0.05) is 35.2 Å². The standard InChI is InChI=1S/C28H25ClFN7O2/c29-20-3-1-2-19(18-20)4-13-25-34-26(36-27(35-25)37-14-16-39-17-15-37)31-22-9-11-24(12-10-22)33-28(38)32-23-7-5-21(30)6-8-23/h1-13,18H,14-17H2,(H2,32,33,38)(H,31,34,35,36)/b13-4+. The zero-order valence-corrected chi connectivity index (χ0v) is 21.5. The van der Waals surface area contributed by atoms with Crippen LogP contribution in [0.2, 0.25) is 5.02 Å². The number of aromatic nitrogens is 3. The average Bonchev–Trinajstić information content (AvgIpc) is 2.95. The Labute approximate surface area is 229 Å². The summed E-state index contributed by atoms with van der Waals surface area (Å²) in [7, 11) is 0. The maximum Gasteiger partial charge on any atom is 0.323 e. The van der Waals surface area contributed by atoms with Crippen LogP contribution in [0.25, 0.3) is 12.2 Å². The number of ether oxygens (including phenoxy) is 1. The van der Waals surface area contributed by atoms with Crippen molar-refractivity contribution >= 4 is 58.7 Å². The normalized spacial score (nSPS) is 13.3. The van der Waals surface area contributed by atoms with Gasteiger partial charge in [0.25, 0.3) is 0 Å². The van der Waals surface area contributed by atoms with Crippen LogP contribution in [-0.2, 0) is 4.74 Å². The summed E-state index contributed by atoms with van der Waals surface area (Å²) >= 11 is 6.11. The van der Waals surface area contributed by atoms with Crippen molar-refractivity contribution in [3.05, 3.63) is 95.0 Å². The van der Waals surface area contributed by atoms with Crippen molar-refractivity contribution in [3.63, 3.8) is 0 Å². The van der Waals surface area contributed by atoms with Gasteiger partial charge in [-0.15, -0.1) is 0 Å². The molecule has 2 heterocycles. The van der Waals surface area contributed by atoms with Gasteiger partial charge in [-0.1, -0.05) is 29.8 Å². The number of halogens is 2. The van der Waals surface area contributed by atoms with Crippen LogP contribution in [0.3, 0.4) is 0 Å². The molecule has 0 spiro atoms. The Balaban J connectivity index is 1.30. The number of benzene rings is 3. The molecule has 11 heteroatoms. The highest BCUT2D eigenvalue weighted by Crippen LogP contribution is 2.21. The van der Waals surface area contributed by atoms with E-state index in [0.717, 1.165) is 11.3 Å². The van der Waals surface area contributed by atoms with E-state index in [9.17, 15) is 9.18 Å². The highest BCUT2D eigenvalue weighted by molar-refractivity contribution is 6.30. The number of nitrogens with one attached hydrogen (secondary N) is 3. The van der Waals surface area contributed by atoms with Gasteiger partial charge < -0.3 is 25.6 Å². The van der Waals surface area contributed by atoms with Gasteiger partial charge in [0.15, 0.2) is 5.82 Å². The van der Waals surface area contributed by atoms with E-state index in [-0.39, 0.29) is 5.82 Å². The molecule has 1 saturated heterocycles. The third-order valence-electron chi connectivity index (χ3n) is 5.71. The third-order valence-corrected chi connectivity index (χ3v) is 5.94. The lowest BCUT2D eigenvalue weighted by Crippen LogP contribution is -2.37. The summed E-state index contributed by atoms with van der Waals surface area (Å²) in [5.41, 5.74) is 2.72. The summed E-state index contributed by atoms with van der Waals surface area (Å²) in [6.45, 7) is 2.57. The first kappa shape index (κ1) is 26.1. The second kappa shape index (κ2) is 12.3. The van der Waals surface area contributed by atoms with E-state index in [1.807, 2.05) is 36.4 Å². The minimum absolute atomic E-state index is 0.372. The molecule has 0 atom stereocenters. The fraction of sp³-hybridized carbons (Fsp3) is 0.143. The van der Waals surface area contributed by atoms with E-state index in [2.05, 4.69) is 35.8 Å². The molecule has 9 nitrogen and oxygen atoms in total. The van der Waals surface area contributed by atoms with Gasteiger partial charge in [-0.3, -0.25) is 0 Å². The molecule has 198 valence electrons. The van der Waals surface area contributed by atoms with E-state index in [4.69, 9.17) is 16.3 Å². The molecule has 1 aliphatic heterocycles. The molecule has 1 aliphatic rings. The summed E-state index contributed by atoms with van der Waals surface area (Å²) in [5.74, 6) is 1.05. The molecule has 2 amide bonds. The Kier molecular flexibility index (Phi) is 8.25. The van der Waals surface area contributed by atoms with Crippen molar-refractivity contribution < 1.29 is 13.9 Å². The largest absolute Gasteiger partial charge is 0.378 e. The predicted molar refractivity (Wildman–Crippen MR) is 152 cm³/mol. The number of carbonyl (C=O) groups excluding carboxylic acids is 1. The fourth-order valence-corrected chi connectivity index (χ4v) is 3.99. The van der Waals surface area contributed by atoms with Crippen LogP contribution < -0.4 is 20.9 Å². The summed E-state index contributed by atoms with van der Waals surface area (Å²) in [5, 5.41) is 9.27. The summed E-state index contributed by atoms with van der Waals surface area (Å²) in [6.07, 6.45) is 3.71. The Bertz CT molecular complexity index is 1460. The molecule has 3 N–H and O–H groups in total. The number of rotatable bonds is 7. The average molecular weight is 546 g/mol. The lowest BCUT2D eigenvalue weighted by atomic mass is 10.2. The predicted octanol–water partition coefficient (Wildman–Crippen LogP) is 6.06. The Hall–Kier alpha value is -4.54. The molecule has 0 bridgehead atoms. The van der Waals surface area contributed by atoms with Crippen LogP contribution in [0.15, 0.2) is 72.8 Å². The molecule has 5 rings (SSSR count). The topological polar surface area (TPSA) is 104 Å². The summed E-state index contributed by atoms with van der Waals surface area (Å²) < 4.78 is 18.5.